The molecule has 0 bridgehead atoms. The summed E-state index contributed by atoms with van der Waals surface area (Å²) in [6, 6.07) is 18.7. The molecule has 0 aliphatic carbocycles. The summed E-state index contributed by atoms with van der Waals surface area (Å²) in [4.78, 5) is 35.4. The van der Waals surface area contributed by atoms with Gasteiger partial charge in [-0.25, -0.2) is 4.98 Å². The Hall–Kier alpha value is -3.16. The number of benzene rings is 2. The Morgan fingerprint density at radius 2 is 1.75 bits per heavy atom. The first-order chi connectivity index (χ1) is 13.7. The molecular weight excluding hydrogens is 374 g/mol. The van der Waals surface area contributed by atoms with Crippen LogP contribution in [0.3, 0.4) is 0 Å². The zero-order valence-electron chi connectivity index (χ0n) is 15.1. The van der Waals surface area contributed by atoms with E-state index in [-0.39, 0.29) is 17.7 Å². The quantitative estimate of drug-likeness (QED) is 0.508. The van der Waals surface area contributed by atoms with Crippen molar-refractivity contribution < 1.29 is 4.74 Å². The van der Waals surface area contributed by atoms with Gasteiger partial charge in [0.05, 0.1) is 17.2 Å². The molecule has 0 radical (unpaired) electrons. The number of hydrogen-bond donors (Lipinski definition) is 2. The van der Waals surface area contributed by atoms with E-state index in [9.17, 15) is 9.59 Å². The number of H-pyrrole nitrogens is 2. The van der Waals surface area contributed by atoms with E-state index in [4.69, 9.17) is 4.74 Å². The first-order valence-electron chi connectivity index (χ1n) is 8.63. The lowest BCUT2D eigenvalue weighted by Crippen LogP contribution is -2.13. The van der Waals surface area contributed by atoms with E-state index in [2.05, 4.69) is 15.0 Å². The number of rotatable bonds is 5. The van der Waals surface area contributed by atoms with Crippen LogP contribution in [0.15, 0.2) is 80.3 Å². The number of pyridine rings is 1. The lowest BCUT2D eigenvalue weighted by atomic mass is 10.0. The van der Waals surface area contributed by atoms with Gasteiger partial charge in [-0.2, -0.15) is 0 Å². The monoisotopic (exact) mass is 391 g/mol. The Bertz CT molecular complexity index is 1250. The van der Waals surface area contributed by atoms with Crippen LogP contribution in [0.1, 0.15) is 5.69 Å². The number of aromatic nitrogens is 3. The second-order valence-electron chi connectivity index (χ2n) is 6.15. The fourth-order valence-electron chi connectivity index (χ4n) is 3.06. The molecule has 2 aromatic carbocycles. The molecule has 0 spiro atoms. The van der Waals surface area contributed by atoms with Gasteiger partial charge in [0.1, 0.15) is 0 Å². The van der Waals surface area contributed by atoms with Crippen molar-refractivity contribution in [3.05, 3.63) is 87.1 Å². The van der Waals surface area contributed by atoms with Gasteiger partial charge in [0.15, 0.2) is 5.16 Å². The first kappa shape index (κ1) is 18.2. The maximum absolute atomic E-state index is 12.9. The standard InChI is InChI=1S/C21H17N3O3S/c1-27-12-14-11-17(25)24-21(22-14)28-19-18(13-7-3-2-4-8-13)15-9-5-6-10-16(15)23-20(19)26/h2-11H,12H2,1H3,(H,23,26)(H,22,24,25). The number of nitrogens with zero attached hydrogens (tertiary/aromatic N) is 1. The highest BCUT2D eigenvalue weighted by atomic mass is 32.2. The molecule has 2 aromatic heterocycles. The zero-order valence-corrected chi connectivity index (χ0v) is 15.9. The van der Waals surface area contributed by atoms with Gasteiger partial charge in [-0.3, -0.25) is 9.59 Å². The van der Waals surface area contributed by atoms with E-state index in [1.807, 2.05) is 54.6 Å². The summed E-state index contributed by atoms with van der Waals surface area (Å²) >= 11 is 1.14. The lowest BCUT2D eigenvalue weighted by Gasteiger charge is -2.12. The molecule has 2 N–H and O–H groups in total. The molecular formula is C21H17N3O3S. The third-order valence-corrected chi connectivity index (χ3v) is 5.18. The predicted octanol–water partition coefficient (Wildman–Crippen LogP) is 3.58. The van der Waals surface area contributed by atoms with Gasteiger partial charge >= 0.3 is 0 Å². The van der Waals surface area contributed by atoms with Crippen molar-refractivity contribution in [3.63, 3.8) is 0 Å². The summed E-state index contributed by atoms with van der Waals surface area (Å²) in [5.41, 5.74) is 2.47. The predicted molar refractivity (Wildman–Crippen MR) is 110 cm³/mol. The zero-order chi connectivity index (χ0) is 19.5. The van der Waals surface area contributed by atoms with Gasteiger partial charge in [-0.15, -0.1) is 0 Å². The number of fused-ring (bicyclic) bond motifs is 1. The van der Waals surface area contributed by atoms with E-state index in [0.717, 1.165) is 33.8 Å². The maximum Gasteiger partial charge on any atom is 0.263 e. The van der Waals surface area contributed by atoms with Gasteiger partial charge < -0.3 is 14.7 Å². The second kappa shape index (κ2) is 7.84. The van der Waals surface area contributed by atoms with Crippen molar-refractivity contribution in [2.75, 3.05) is 7.11 Å². The Labute approximate surface area is 164 Å². The molecule has 0 atom stereocenters. The highest BCUT2D eigenvalue weighted by Crippen LogP contribution is 2.36. The van der Waals surface area contributed by atoms with Crippen LogP contribution < -0.4 is 11.1 Å². The van der Waals surface area contributed by atoms with Crippen LogP contribution in [0.4, 0.5) is 0 Å². The summed E-state index contributed by atoms with van der Waals surface area (Å²) in [5, 5.41) is 1.27. The first-order valence-corrected chi connectivity index (χ1v) is 9.45. The summed E-state index contributed by atoms with van der Waals surface area (Å²) in [7, 11) is 1.54. The summed E-state index contributed by atoms with van der Waals surface area (Å²) in [6.07, 6.45) is 0. The van der Waals surface area contributed by atoms with Crippen LogP contribution in [0.2, 0.25) is 0 Å². The number of para-hydroxylation sites is 1. The molecule has 2 heterocycles. The van der Waals surface area contributed by atoms with Gasteiger partial charge in [0.25, 0.3) is 11.1 Å². The van der Waals surface area contributed by atoms with Crippen LogP contribution >= 0.6 is 11.8 Å². The topological polar surface area (TPSA) is 87.8 Å². The molecule has 4 rings (SSSR count). The van der Waals surface area contributed by atoms with Crippen molar-refractivity contribution >= 4 is 22.7 Å². The average molecular weight is 391 g/mol. The van der Waals surface area contributed by atoms with Crippen LogP contribution in [-0.2, 0) is 11.3 Å². The van der Waals surface area contributed by atoms with Crippen LogP contribution in [0.5, 0.6) is 0 Å². The third kappa shape index (κ3) is 3.62. The van der Waals surface area contributed by atoms with Gasteiger partial charge in [-0.1, -0.05) is 48.5 Å². The molecule has 0 aliphatic heterocycles. The fraction of sp³-hybridized carbons (Fsp3) is 0.0952. The number of nitrogens with one attached hydrogen (secondary N) is 2. The normalized spacial score (nSPS) is 11.0. The maximum atomic E-state index is 12.9. The van der Waals surface area contributed by atoms with E-state index in [0.29, 0.717) is 15.7 Å². The third-order valence-electron chi connectivity index (χ3n) is 4.20. The Morgan fingerprint density at radius 1 is 1.00 bits per heavy atom. The highest BCUT2D eigenvalue weighted by Gasteiger charge is 2.17. The molecule has 0 saturated carbocycles. The highest BCUT2D eigenvalue weighted by molar-refractivity contribution is 7.99. The summed E-state index contributed by atoms with van der Waals surface area (Å²) in [6.45, 7) is 0.219. The largest absolute Gasteiger partial charge is 0.378 e. The minimum absolute atomic E-state index is 0.219. The van der Waals surface area contributed by atoms with Crippen molar-refractivity contribution in [3.8, 4) is 11.1 Å². The Balaban J connectivity index is 1.94. The Kier molecular flexibility index (Phi) is 5.10. The SMILES string of the molecule is COCc1cc(=O)[nH]c(Sc2c(-c3ccccc3)c3ccccc3[nH]c2=O)n1. The Morgan fingerprint density at radius 3 is 2.54 bits per heavy atom. The van der Waals surface area contributed by atoms with Crippen molar-refractivity contribution in [1.82, 2.24) is 15.0 Å². The van der Waals surface area contributed by atoms with Gasteiger partial charge in [0, 0.05) is 29.6 Å². The van der Waals surface area contributed by atoms with Crippen molar-refractivity contribution in [2.45, 2.75) is 16.7 Å². The summed E-state index contributed by atoms with van der Waals surface area (Å²) in [5.74, 6) is 0. The van der Waals surface area contributed by atoms with Crippen molar-refractivity contribution in [1.29, 1.82) is 0 Å². The van der Waals surface area contributed by atoms with Crippen LogP contribution in [0, 0.1) is 0 Å². The van der Waals surface area contributed by atoms with E-state index in [1.165, 1.54) is 13.2 Å². The lowest BCUT2D eigenvalue weighted by molar-refractivity contribution is 0.180. The smallest absolute Gasteiger partial charge is 0.263 e. The molecule has 140 valence electrons. The average Bonchev–Trinajstić information content (AvgIpc) is 2.69. The van der Waals surface area contributed by atoms with Gasteiger partial charge in [-0.05, 0) is 23.4 Å². The number of methoxy groups -OCH3 is 1. The molecule has 0 aliphatic rings. The van der Waals surface area contributed by atoms with E-state index < -0.39 is 0 Å². The molecule has 0 amide bonds. The van der Waals surface area contributed by atoms with Gasteiger partial charge in [0.2, 0.25) is 0 Å². The summed E-state index contributed by atoms with van der Waals surface area (Å²) < 4.78 is 5.07. The molecule has 4 aromatic rings. The molecule has 0 saturated heterocycles. The number of aromatic amines is 2. The minimum Gasteiger partial charge on any atom is -0.378 e. The molecule has 6 nitrogen and oxygen atoms in total. The number of ether oxygens (including phenoxy) is 1. The van der Waals surface area contributed by atoms with E-state index in [1.54, 1.807) is 0 Å². The fourth-order valence-corrected chi connectivity index (χ4v) is 4.05. The van der Waals surface area contributed by atoms with Crippen molar-refractivity contribution in [2.24, 2.45) is 0 Å². The molecule has 28 heavy (non-hydrogen) atoms. The second-order valence-corrected chi connectivity index (χ2v) is 7.15. The van der Waals surface area contributed by atoms with Crippen LogP contribution in [-0.4, -0.2) is 22.1 Å². The number of hydrogen-bond acceptors (Lipinski definition) is 5. The molecule has 0 fully saturated rings. The van der Waals surface area contributed by atoms with E-state index >= 15 is 0 Å². The molecule has 7 heteroatoms. The minimum atomic E-state index is -0.289. The van der Waals surface area contributed by atoms with Crippen LogP contribution in [0.25, 0.3) is 22.0 Å². The molecule has 0 unspecified atom stereocenters.